The summed E-state index contributed by atoms with van der Waals surface area (Å²) in [5.41, 5.74) is 1.11. The first-order valence-electron chi connectivity index (χ1n) is 4.91. The molecule has 15 heavy (non-hydrogen) atoms. The third-order valence-corrected chi connectivity index (χ3v) is 4.31. The van der Waals surface area contributed by atoms with Crippen LogP contribution in [0.25, 0.3) is 10.7 Å². The molecule has 0 bridgehead atoms. The predicted octanol–water partition coefficient (Wildman–Crippen LogP) is 3.30. The van der Waals surface area contributed by atoms with Crippen molar-refractivity contribution in [1.82, 2.24) is 14.8 Å². The summed E-state index contributed by atoms with van der Waals surface area (Å²) in [5, 5.41) is 11.0. The zero-order valence-electron chi connectivity index (χ0n) is 8.27. The molecule has 0 saturated heterocycles. The molecule has 3 nitrogen and oxygen atoms in total. The highest BCUT2D eigenvalue weighted by Crippen LogP contribution is 2.41. The minimum Gasteiger partial charge on any atom is -0.310 e. The van der Waals surface area contributed by atoms with E-state index in [1.807, 2.05) is 6.92 Å². The van der Waals surface area contributed by atoms with Gasteiger partial charge in [0.2, 0.25) is 0 Å². The van der Waals surface area contributed by atoms with E-state index < -0.39 is 0 Å². The average molecular weight is 240 g/mol. The second kappa shape index (κ2) is 3.32. The maximum absolute atomic E-state index is 6.23. The molecule has 2 aromatic heterocycles. The van der Waals surface area contributed by atoms with Gasteiger partial charge in [0.15, 0.2) is 5.82 Å². The molecule has 1 aliphatic rings. The van der Waals surface area contributed by atoms with Crippen molar-refractivity contribution in [3.8, 4) is 10.7 Å². The summed E-state index contributed by atoms with van der Waals surface area (Å²) in [6.45, 7) is 2.01. The van der Waals surface area contributed by atoms with E-state index >= 15 is 0 Å². The summed E-state index contributed by atoms with van der Waals surface area (Å²) < 4.78 is 2.14. The summed E-state index contributed by atoms with van der Waals surface area (Å²) in [5.74, 6) is 0.917. The minimum absolute atomic E-state index is 0.591. The summed E-state index contributed by atoms with van der Waals surface area (Å²) >= 11 is 7.86. The lowest BCUT2D eigenvalue weighted by Gasteiger charge is -2.02. The van der Waals surface area contributed by atoms with Crippen molar-refractivity contribution in [2.45, 2.75) is 25.8 Å². The van der Waals surface area contributed by atoms with E-state index in [0.717, 1.165) is 21.3 Å². The van der Waals surface area contributed by atoms with Crippen LogP contribution in [0.15, 0.2) is 11.7 Å². The first-order chi connectivity index (χ1) is 7.27. The Morgan fingerprint density at radius 1 is 1.53 bits per heavy atom. The van der Waals surface area contributed by atoms with Crippen LogP contribution >= 0.6 is 22.9 Å². The van der Waals surface area contributed by atoms with E-state index in [2.05, 4.69) is 20.1 Å². The molecule has 0 aliphatic heterocycles. The zero-order chi connectivity index (χ0) is 10.4. The monoisotopic (exact) mass is 239 g/mol. The lowest BCUT2D eigenvalue weighted by molar-refractivity contribution is 0.747. The molecular weight excluding hydrogens is 230 g/mol. The van der Waals surface area contributed by atoms with Crippen LogP contribution in [0, 0.1) is 6.92 Å². The Bertz CT molecular complexity index is 498. The molecule has 0 N–H and O–H groups in total. The van der Waals surface area contributed by atoms with E-state index in [9.17, 15) is 0 Å². The highest BCUT2D eigenvalue weighted by Gasteiger charge is 2.27. The molecule has 0 spiro atoms. The maximum atomic E-state index is 6.23. The van der Waals surface area contributed by atoms with Crippen molar-refractivity contribution in [3.05, 3.63) is 22.3 Å². The van der Waals surface area contributed by atoms with Crippen molar-refractivity contribution in [2.24, 2.45) is 0 Å². The lowest BCUT2D eigenvalue weighted by Crippen LogP contribution is -1.94. The van der Waals surface area contributed by atoms with Crippen LogP contribution in [0.1, 0.15) is 24.4 Å². The molecule has 0 unspecified atom stereocenters. The highest BCUT2D eigenvalue weighted by atomic mass is 35.5. The number of nitrogens with zero attached hydrogens (tertiary/aromatic N) is 3. The largest absolute Gasteiger partial charge is 0.310 e. The van der Waals surface area contributed by atoms with Gasteiger partial charge in [-0.3, -0.25) is 0 Å². The molecule has 2 aromatic rings. The molecule has 2 heterocycles. The second-order valence-electron chi connectivity index (χ2n) is 3.85. The molecule has 0 atom stereocenters. The zero-order valence-corrected chi connectivity index (χ0v) is 9.85. The topological polar surface area (TPSA) is 30.7 Å². The number of aryl methyl sites for hydroxylation is 1. The van der Waals surface area contributed by atoms with Crippen LogP contribution in [0.3, 0.4) is 0 Å². The molecule has 1 aliphatic carbocycles. The van der Waals surface area contributed by atoms with Gasteiger partial charge in [-0.2, -0.15) is 0 Å². The standard InChI is InChI=1S/C10H10ClN3S/c1-6-4-15-9(8(6)11)10-13-12-5-14(10)7-2-3-7/h4-5,7H,2-3H2,1H3. The molecule has 0 radical (unpaired) electrons. The van der Waals surface area contributed by atoms with E-state index in [4.69, 9.17) is 11.6 Å². The van der Waals surface area contributed by atoms with Gasteiger partial charge in [0, 0.05) is 6.04 Å². The third kappa shape index (κ3) is 1.48. The Labute approximate surface area is 96.7 Å². The van der Waals surface area contributed by atoms with Crippen LogP contribution in [0.2, 0.25) is 5.02 Å². The Morgan fingerprint density at radius 2 is 2.33 bits per heavy atom. The number of hydrogen-bond donors (Lipinski definition) is 0. The number of thiophene rings is 1. The van der Waals surface area contributed by atoms with E-state index in [-0.39, 0.29) is 0 Å². The SMILES string of the molecule is Cc1csc(-c2nncn2C2CC2)c1Cl. The van der Waals surface area contributed by atoms with Gasteiger partial charge in [0.05, 0.1) is 9.90 Å². The number of rotatable bonds is 2. The van der Waals surface area contributed by atoms with Gasteiger partial charge in [-0.1, -0.05) is 11.6 Å². The third-order valence-electron chi connectivity index (χ3n) is 2.62. The predicted molar refractivity (Wildman–Crippen MR) is 61.4 cm³/mol. The van der Waals surface area contributed by atoms with Gasteiger partial charge in [-0.25, -0.2) is 0 Å². The molecule has 78 valence electrons. The van der Waals surface area contributed by atoms with E-state index in [1.165, 1.54) is 12.8 Å². The average Bonchev–Trinajstić information content (AvgIpc) is 2.88. The summed E-state index contributed by atoms with van der Waals surface area (Å²) in [6.07, 6.45) is 4.26. The van der Waals surface area contributed by atoms with Gasteiger partial charge < -0.3 is 4.57 Å². The molecule has 1 fully saturated rings. The van der Waals surface area contributed by atoms with Crippen LogP contribution in [0.5, 0.6) is 0 Å². The molecule has 1 saturated carbocycles. The molecule has 0 aromatic carbocycles. The Kier molecular flexibility index (Phi) is 2.07. The van der Waals surface area contributed by atoms with Crippen LogP contribution in [-0.4, -0.2) is 14.8 Å². The van der Waals surface area contributed by atoms with Crippen molar-refractivity contribution in [2.75, 3.05) is 0 Å². The fourth-order valence-corrected chi connectivity index (χ4v) is 2.87. The second-order valence-corrected chi connectivity index (χ2v) is 5.11. The van der Waals surface area contributed by atoms with Gasteiger partial charge in [0.1, 0.15) is 6.33 Å². The van der Waals surface area contributed by atoms with Crippen molar-refractivity contribution in [3.63, 3.8) is 0 Å². The van der Waals surface area contributed by atoms with Gasteiger partial charge in [-0.05, 0) is 30.7 Å². The molecule has 3 rings (SSSR count). The summed E-state index contributed by atoms with van der Waals surface area (Å²) in [6, 6.07) is 0.591. The Morgan fingerprint density at radius 3 is 2.93 bits per heavy atom. The maximum Gasteiger partial charge on any atom is 0.175 e. The number of halogens is 1. The van der Waals surface area contributed by atoms with Crippen molar-refractivity contribution >= 4 is 22.9 Å². The van der Waals surface area contributed by atoms with Crippen LogP contribution in [0.4, 0.5) is 0 Å². The van der Waals surface area contributed by atoms with Gasteiger partial charge in [0.25, 0.3) is 0 Å². The first-order valence-corrected chi connectivity index (χ1v) is 6.16. The van der Waals surface area contributed by atoms with E-state index in [0.29, 0.717) is 6.04 Å². The van der Waals surface area contributed by atoms with Crippen LogP contribution in [-0.2, 0) is 0 Å². The normalized spacial score (nSPS) is 15.9. The van der Waals surface area contributed by atoms with E-state index in [1.54, 1.807) is 17.7 Å². The molecule has 5 heteroatoms. The van der Waals surface area contributed by atoms with Crippen molar-refractivity contribution < 1.29 is 0 Å². The molecule has 0 amide bonds. The van der Waals surface area contributed by atoms with Crippen molar-refractivity contribution in [1.29, 1.82) is 0 Å². The number of aromatic nitrogens is 3. The quantitative estimate of drug-likeness (QED) is 0.805. The highest BCUT2D eigenvalue weighted by molar-refractivity contribution is 7.14. The Balaban J connectivity index is 2.11. The number of hydrogen-bond acceptors (Lipinski definition) is 3. The Hall–Kier alpha value is -0.870. The van der Waals surface area contributed by atoms with Gasteiger partial charge in [-0.15, -0.1) is 21.5 Å². The smallest absolute Gasteiger partial charge is 0.175 e. The lowest BCUT2D eigenvalue weighted by atomic mass is 10.3. The fraction of sp³-hybridized carbons (Fsp3) is 0.400. The summed E-state index contributed by atoms with van der Waals surface area (Å²) in [7, 11) is 0. The fourth-order valence-electron chi connectivity index (χ4n) is 1.61. The molecular formula is C10H10ClN3S. The minimum atomic E-state index is 0.591. The summed E-state index contributed by atoms with van der Waals surface area (Å²) in [4.78, 5) is 1.04. The van der Waals surface area contributed by atoms with Crippen LogP contribution < -0.4 is 0 Å². The van der Waals surface area contributed by atoms with Gasteiger partial charge >= 0.3 is 0 Å². The first kappa shape index (κ1) is 9.36.